The number of phenolic OH excluding ortho intramolecular Hbond substituents is 4. The summed E-state index contributed by atoms with van der Waals surface area (Å²) in [4.78, 5) is 12.9. The molecule has 1 aliphatic heterocycles. The molecule has 4 N–H and O–H groups in total. The monoisotopic (exact) mass is 410 g/mol. The van der Waals surface area contributed by atoms with Gasteiger partial charge in [0.25, 0.3) is 0 Å². The Bertz CT molecular complexity index is 1050. The van der Waals surface area contributed by atoms with Crippen molar-refractivity contribution in [2.24, 2.45) is 0 Å². The van der Waals surface area contributed by atoms with Gasteiger partial charge in [-0.05, 0) is 39.3 Å². The van der Waals surface area contributed by atoms with E-state index < -0.39 is 6.10 Å². The zero-order valence-corrected chi connectivity index (χ0v) is 17.3. The van der Waals surface area contributed by atoms with E-state index in [1.807, 2.05) is 26.8 Å². The molecule has 6 nitrogen and oxygen atoms in total. The first-order valence-electron chi connectivity index (χ1n) is 9.69. The Labute approximate surface area is 175 Å². The zero-order valence-electron chi connectivity index (χ0n) is 17.3. The maximum atomic E-state index is 12.9. The van der Waals surface area contributed by atoms with Crippen molar-refractivity contribution in [2.75, 3.05) is 0 Å². The molecule has 0 aromatic heterocycles. The molecule has 0 bridgehead atoms. The summed E-state index contributed by atoms with van der Waals surface area (Å²) in [5.41, 5.74) is 2.43. The highest BCUT2D eigenvalue weighted by Crippen LogP contribution is 2.49. The summed E-state index contributed by atoms with van der Waals surface area (Å²) in [6, 6.07) is 5.34. The predicted octanol–water partition coefficient (Wildman–Crippen LogP) is 5.23. The third kappa shape index (κ3) is 3.99. The normalized spacial score (nSPS) is 16.4. The number of hydrogen-bond donors (Lipinski definition) is 4. The average molecular weight is 410 g/mol. The Hall–Kier alpha value is -3.41. The molecular formula is C24H26O6. The van der Waals surface area contributed by atoms with E-state index in [9.17, 15) is 25.2 Å². The van der Waals surface area contributed by atoms with Crippen LogP contribution in [-0.2, 0) is 0 Å². The van der Waals surface area contributed by atoms with Crippen molar-refractivity contribution in [3.63, 3.8) is 0 Å². The molecule has 1 heterocycles. The second kappa shape index (κ2) is 8.14. The van der Waals surface area contributed by atoms with E-state index in [0.29, 0.717) is 12.0 Å². The molecule has 6 heteroatoms. The largest absolute Gasteiger partial charge is 0.508 e. The number of aromatic hydroxyl groups is 4. The van der Waals surface area contributed by atoms with Crippen molar-refractivity contribution in [2.45, 2.75) is 45.6 Å². The summed E-state index contributed by atoms with van der Waals surface area (Å²) in [5, 5.41) is 41.2. The van der Waals surface area contributed by atoms with Gasteiger partial charge in [-0.3, -0.25) is 4.79 Å². The van der Waals surface area contributed by atoms with Crippen LogP contribution in [0.5, 0.6) is 28.7 Å². The predicted molar refractivity (Wildman–Crippen MR) is 113 cm³/mol. The molecular weight excluding hydrogens is 384 g/mol. The van der Waals surface area contributed by atoms with E-state index >= 15 is 0 Å². The van der Waals surface area contributed by atoms with Crippen LogP contribution in [0.1, 0.15) is 67.1 Å². The van der Waals surface area contributed by atoms with E-state index in [2.05, 4.69) is 6.58 Å². The molecule has 0 spiro atoms. The van der Waals surface area contributed by atoms with E-state index in [-0.39, 0.29) is 58.0 Å². The molecule has 0 amide bonds. The topological polar surface area (TPSA) is 107 Å². The number of hydrogen-bond acceptors (Lipinski definition) is 6. The summed E-state index contributed by atoms with van der Waals surface area (Å²) in [6.07, 6.45) is 1.60. The minimum absolute atomic E-state index is 0.0146. The quantitative estimate of drug-likeness (QED) is 0.503. The van der Waals surface area contributed by atoms with Gasteiger partial charge in [0.2, 0.25) is 0 Å². The number of ether oxygens (including phenoxy) is 1. The summed E-state index contributed by atoms with van der Waals surface area (Å²) in [7, 11) is 0. The van der Waals surface area contributed by atoms with Gasteiger partial charge in [0.05, 0.1) is 6.42 Å². The Morgan fingerprint density at radius 1 is 1.17 bits per heavy atom. The minimum atomic E-state index is -0.808. The average Bonchev–Trinajstić information content (AvgIpc) is 2.62. The number of carbonyl (C=O) groups excluding carboxylic acids is 1. The minimum Gasteiger partial charge on any atom is -0.508 e. The van der Waals surface area contributed by atoms with Crippen LogP contribution >= 0.6 is 0 Å². The van der Waals surface area contributed by atoms with Crippen LogP contribution in [0.2, 0.25) is 0 Å². The molecule has 158 valence electrons. The fourth-order valence-electron chi connectivity index (χ4n) is 3.71. The molecule has 0 radical (unpaired) electrons. The second-order valence-electron chi connectivity index (χ2n) is 7.92. The number of carbonyl (C=O) groups is 1. The molecule has 2 atom stereocenters. The lowest BCUT2D eigenvalue weighted by Crippen LogP contribution is -2.21. The smallest absolute Gasteiger partial charge is 0.174 e. The molecule has 30 heavy (non-hydrogen) atoms. The first-order valence-corrected chi connectivity index (χ1v) is 9.69. The number of benzene rings is 2. The lowest BCUT2D eigenvalue weighted by Gasteiger charge is -2.29. The molecule has 3 rings (SSSR count). The van der Waals surface area contributed by atoms with Crippen molar-refractivity contribution < 1.29 is 30.0 Å². The molecule has 2 unspecified atom stereocenters. The van der Waals surface area contributed by atoms with Crippen LogP contribution in [0, 0.1) is 0 Å². The SMILES string of the molecule is C=C(C)C(CC=C(C)C)c1c(O)cc2c(c1O)C(=O)CC(c1ccc(O)cc1O)O2. The summed E-state index contributed by atoms with van der Waals surface area (Å²) < 4.78 is 5.85. The van der Waals surface area contributed by atoms with Crippen molar-refractivity contribution in [1.82, 2.24) is 0 Å². The number of ketones is 1. The fraction of sp³-hybridized carbons (Fsp3) is 0.292. The maximum absolute atomic E-state index is 12.9. The van der Waals surface area contributed by atoms with Crippen molar-refractivity contribution in [1.29, 1.82) is 0 Å². The summed E-state index contributed by atoms with van der Waals surface area (Å²) in [6.45, 7) is 9.70. The van der Waals surface area contributed by atoms with Crippen LogP contribution < -0.4 is 4.74 Å². The summed E-state index contributed by atoms with van der Waals surface area (Å²) in [5.74, 6) is -1.49. The van der Waals surface area contributed by atoms with E-state index in [1.165, 1.54) is 18.2 Å². The van der Waals surface area contributed by atoms with Gasteiger partial charge in [-0.25, -0.2) is 0 Å². The van der Waals surface area contributed by atoms with Gasteiger partial charge in [0, 0.05) is 29.2 Å². The first-order chi connectivity index (χ1) is 14.1. The Morgan fingerprint density at radius 2 is 1.87 bits per heavy atom. The maximum Gasteiger partial charge on any atom is 0.174 e. The molecule has 0 saturated carbocycles. The molecule has 0 aliphatic carbocycles. The van der Waals surface area contributed by atoms with Crippen molar-refractivity contribution in [3.8, 4) is 28.7 Å². The molecule has 2 aromatic carbocycles. The first kappa shape index (κ1) is 21.3. The Morgan fingerprint density at radius 3 is 2.47 bits per heavy atom. The van der Waals surface area contributed by atoms with Gasteiger partial charge in [0.15, 0.2) is 5.78 Å². The van der Waals surface area contributed by atoms with Gasteiger partial charge in [-0.1, -0.05) is 23.8 Å². The third-order valence-electron chi connectivity index (χ3n) is 5.27. The second-order valence-corrected chi connectivity index (χ2v) is 7.92. The van der Waals surface area contributed by atoms with Gasteiger partial charge in [0.1, 0.15) is 40.4 Å². The Kier molecular flexibility index (Phi) is 5.78. The zero-order chi connectivity index (χ0) is 22.2. The molecule has 2 aromatic rings. The number of Topliss-reactive ketones (excluding diaryl/α,β-unsaturated/α-hetero) is 1. The van der Waals surface area contributed by atoms with E-state index in [0.717, 1.165) is 17.2 Å². The number of allylic oxidation sites excluding steroid dienone is 3. The molecule has 0 saturated heterocycles. The molecule has 0 fully saturated rings. The number of rotatable bonds is 5. The number of phenols is 4. The van der Waals surface area contributed by atoms with Crippen molar-refractivity contribution in [3.05, 3.63) is 64.8 Å². The highest BCUT2D eigenvalue weighted by atomic mass is 16.5. The molecule has 1 aliphatic rings. The highest BCUT2D eigenvalue weighted by molar-refractivity contribution is 6.03. The van der Waals surface area contributed by atoms with Crippen LogP contribution in [-0.4, -0.2) is 26.2 Å². The fourth-order valence-corrected chi connectivity index (χ4v) is 3.71. The van der Waals surface area contributed by atoms with Crippen LogP contribution in [0.25, 0.3) is 0 Å². The highest BCUT2D eigenvalue weighted by Gasteiger charge is 2.35. The van der Waals surface area contributed by atoms with E-state index in [1.54, 1.807) is 0 Å². The van der Waals surface area contributed by atoms with Crippen LogP contribution in [0.4, 0.5) is 0 Å². The van der Waals surface area contributed by atoms with Crippen LogP contribution in [0.15, 0.2) is 48.1 Å². The third-order valence-corrected chi connectivity index (χ3v) is 5.27. The Balaban J connectivity index is 2.05. The standard InChI is InChI=1S/C24H26O6/c1-12(2)5-7-15(13(3)4)22-18(27)11-21-23(24(22)29)19(28)10-20(30-21)16-8-6-14(25)9-17(16)26/h5-6,8-9,11,15,20,25-27,29H,3,7,10H2,1-2,4H3. The van der Waals surface area contributed by atoms with Crippen molar-refractivity contribution >= 4 is 5.78 Å². The number of fused-ring (bicyclic) bond motifs is 1. The lowest BCUT2D eigenvalue weighted by molar-refractivity contribution is 0.0841. The van der Waals surface area contributed by atoms with Gasteiger partial charge in [-0.15, -0.1) is 0 Å². The van der Waals surface area contributed by atoms with Crippen LogP contribution in [0.3, 0.4) is 0 Å². The van der Waals surface area contributed by atoms with Gasteiger partial charge < -0.3 is 25.2 Å². The van der Waals surface area contributed by atoms with E-state index in [4.69, 9.17) is 4.74 Å². The summed E-state index contributed by atoms with van der Waals surface area (Å²) >= 11 is 0. The van der Waals surface area contributed by atoms with Gasteiger partial charge in [-0.2, -0.15) is 0 Å². The lowest BCUT2D eigenvalue weighted by atomic mass is 9.84. The van der Waals surface area contributed by atoms with Gasteiger partial charge >= 0.3 is 0 Å².